The molecule has 1 atom stereocenters. The van der Waals surface area contributed by atoms with Crippen LogP contribution < -0.4 is 10.6 Å². The van der Waals surface area contributed by atoms with Crippen LogP contribution >= 0.6 is 0 Å². The highest BCUT2D eigenvalue weighted by Crippen LogP contribution is 2.23. The summed E-state index contributed by atoms with van der Waals surface area (Å²) in [5.41, 5.74) is 6.76. The number of hydrogen-bond donors (Lipinski definition) is 2. The normalized spacial score (nSPS) is 12.2. The topological polar surface area (TPSA) is 49.3 Å². The Kier molecular flexibility index (Phi) is 8.57. The Hall–Kier alpha value is -3.41. The summed E-state index contributed by atoms with van der Waals surface area (Å²) in [7, 11) is 6.15. The van der Waals surface area contributed by atoms with Crippen LogP contribution in [0.5, 0.6) is 0 Å². The Morgan fingerprint density at radius 2 is 1.64 bits per heavy atom. The van der Waals surface area contributed by atoms with E-state index in [-0.39, 0.29) is 11.9 Å². The maximum Gasteiger partial charge on any atom is 0.251 e. The molecule has 0 aliphatic heterocycles. The maximum absolute atomic E-state index is 13.3. The first-order valence-electron chi connectivity index (χ1n) is 12.8. The third-order valence-electron chi connectivity index (χ3n) is 6.90. The fraction of sp³-hybridized carbons (Fsp3) is 0.323. The number of carbonyl (C=O) groups is 1. The molecule has 0 radical (unpaired) electrons. The van der Waals surface area contributed by atoms with Crippen molar-refractivity contribution in [1.82, 2.24) is 20.1 Å². The summed E-state index contributed by atoms with van der Waals surface area (Å²) in [5.74, 6) is -0.0323. The van der Waals surface area contributed by atoms with Crippen LogP contribution in [0.3, 0.4) is 0 Å². The predicted molar refractivity (Wildman–Crippen MR) is 151 cm³/mol. The van der Waals surface area contributed by atoms with Crippen molar-refractivity contribution in [3.05, 3.63) is 95.7 Å². The van der Waals surface area contributed by atoms with E-state index in [0.29, 0.717) is 5.56 Å². The molecule has 0 aliphatic rings. The second kappa shape index (κ2) is 12.0. The van der Waals surface area contributed by atoms with Gasteiger partial charge < -0.3 is 20.1 Å². The molecule has 1 aromatic heterocycles. The SMILES string of the molecule is CCc1ccc(-c2ccc(C(=O)N[C@H](Cc3cn(C)c4ccccc34)CN(C)CCNC)cc2)cc1. The minimum Gasteiger partial charge on any atom is -0.350 e. The van der Waals surface area contributed by atoms with Crippen molar-refractivity contribution in [3.63, 3.8) is 0 Å². The molecule has 5 nitrogen and oxygen atoms in total. The molecule has 0 bridgehead atoms. The van der Waals surface area contributed by atoms with E-state index < -0.39 is 0 Å². The standard InChI is InChI=1S/C31H38N4O/c1-5-23-10-12-24(13-11-23)25-14-16-26(17-15-25)31(36)33-28(22-34(3)19-18-32-2)20-27-21-35(4)30-9-7-6-8-29(27)30/h6-17,21,28,32H,5,18-20,22H2,1-4H3,(H,33,36)/t28-/m1/s1. The van der Waals surface area contributed by atoms with Crippen molar-refractivity contribution in [2.75, 3.05) is 33.7 Å². The van der Waals surface area contributed by atoms with Crippen LogP contribution in [0.2, 0.25) is 0 Å². The molecular weight excluding hydrogens is 444 g/mol. The zero-order valence-electron chi connectivity index (χ0n) is 21.9. The molecular formula is C31H38N4O. The molecule has 5 heteroatoms. The van der Waals surface area contributed by atoms with Gasteiger partial charge in [0.05, 0.1) is 0 Å². The van der Waals surface area contributed by atoms with Crippen molar-refractivity contribution in [3.8, 4) is 11.1 Å². The number of likely N-dealkylation sites (N-methyl/N-ethyl adjacent to an activating group) is 2. The monoisotopic (exact) mass is 482 g/mol. The zero-order valence-corrected chi connectivity index (χ0v) is 21.9. The largest absolute Gasteiger partial charge is 0.350 e. The number of benzene rings is 3. The first-order valence-corrected chi connectivity index (χ1v) is 12.8. The van der Waals surface area contributed by atoms with Crippen LogP contribution in [0, 0.1) is 0 Å². The highest BCUT2D eigenvalue weighted by atomic mass is 16.1. The molecule has 0 saturated carbocycles. The quantitative estimate of drug-likeness (QED) is 0.320. The molecule has 4 rings (SSSR count). The lowest BCUT2D eigenvalue weighted by atomic mass is 10.0. The number of nitrogens with zero attached hydrogens (tertiary/aromatic N) is 2. The van der Waals surface area contributed by atoms with Crippen molar-refractivity contribution in [2.45, 2.75) is 25.8 Å². The third-order valence-corrected chi connectivity index (χ3v) is 6.90. The Morgan fingerprint density at radius 3 is 2.31 bits per heavy atom. The Labute approximate surface area is 215 Å². The summed E-state index contributed by atoms with van der Waals surface area (Å²) in [6.45, 7) is 4.77. The first-order chi connectivity index (χ1) is 17.5. The van der Waals surface area contributed by atoms with Crippen molar-refractivity contribution in [2.24, 2.45) is 7.05 Å². The molecule has 1 amide bonds. The van der Waals surface area contributed by atoms with Gasteiger partial charge in [-0.05, 0) is 67.4 Å². The highest BCUT2D eigenvalue weighted by molar-refractivity contribution is 5.95. The average molecular weight is 483 g/mol. The van der Waals surface area contributed by atoms with Crippen molar-refractivity contribution in [1.29, 1.82) is 0 Å². The van der Waals surface area contributed by atoms with Crippen molar-refractivity contribution >= 4 is 16.8 Å². The van der Waals surface area contributed by atoms with Gasteiger partial charge in [0.2, 0.25) is 0 Å². The molecule has 0 aliphatic carbocycles. The van der Waals surface area contributed by atoms with Gasteiger partial charge in [0.1, 0.15) is 0 Å². The number of carbonyl (C=O) groups excluding carboxylic acids is 1. The van der Waals surface area contributed by atoms with E-state index in [0.717, 1.165) is 38.0 Å². The van der Waals surface area contributed by atoms with E-state index >= 15 is 0 Å². The lowest BCUT2D eigenvalue weighted by Crippen LogP contribution is -2.45. The smallest absolute Gasteiger partial charge is 0.251 e. The van der Waals surface area contributed by atoms with E-state index in [1.165, 1.54) is 27.6 Å². The summed E-state index contributed by atoms with van der Waals surface area (Å²) >= 11 is 0. The minimum absolute atomic E-state index is 0.00794. The van der Waals surface area contributed by atoms with Crippen LogP contribution in [0.15, 0.2) is 79.0 Å². The number of para-hydroxylation sites is 1. The molecule has 2 N–H and O–H groups in total. The van der Waals surface area contributed by atoms with E-state index in [9.17, 15) is 4.79 Å². The molecule has 4 aromatic rings. The molecule has 0 saturated heterocycles. The van der Waals surface area contributed by atoms with Crippen LogP contribution in [-0.2, 0) is 19.9 Å². The van der Waals surface area contributed by atoms with E-state index in [2.05, 4.69) is 95.8 Å². The second-order valence-corrected chi connectivity index (χ2v) is 9.65. The number of rotatable bonds is 11. The van der Waals surface area contributed by atoms with Crippen LogP contribution in [0.1, 0.15) is 28.4 Å². The van der Waals surface area contributed by atoms with Gasteiger partial charge in [0.25, 0.3) is 5.91 Å². The first kappa shape index (κ1) is 25.7. The summed E-state index contributed by atoms with van der Waals surface area (Å²) in [6.07, 6.45) is 4.00. The Morgan fingerprint density at radius 1 is 0.972 bits per heavy atom. The number of aromatic nitrogens is 1. The summed E-state index contributed by atoms with van der Waals surface area (Å²) in [5, 5.41) is 7.78. The van der Waals surface area contributed by atoms with Crippen LogP contribution in [0.4, 0.5) is 0 Å². The Bertz CT molecular complexity index is 1270. The van der Waals surface area contributed by atoms with Gasteiger partial charge in [0.15, 0.2) is 0 Å². The lowest BCUT2D eigenvalue weighted by molar-refractivity contribution is 0.0928. The minimum atomic E-state index is -0.0323. The maximum atomic E-state index is 13.3. The van der Waals surface area contributed by atoms with E-state index in [4.69, 9.17) is 0 Å². The van der Waals surface area contributed by atoms with Gasteiger partial charge >= 0.3 is 0 Å². The highest BCUT2D eigenvalue weighted by Gasteiger charge is 2.19. The van der Waals surface area contributed by atoms with Gasteiger partial charge in [-0.1, -0.05) is 61.5 Å². The lowest BCUT2D eigenvalue weighted by Gasteiger charge is -2.25. The number of hydrogen-bond acceptors (Lipinski definition) is 3. The fourth-order valence-electron chi connectivity index (χ4n) is 4.80. The summed E-state index contributed by atoms with van der Waals surface area (Å²) in [4.78, 5) is 15.6. The number of amides is 1. The fourth-order valence-corrected chi connectivity index (χ4v) is 4.80. The third kappa shape index (κ3) is 6.23. The van der Waals surface area contributed by atoms with E-state index in [1.807, 2.05) is 31.3 Å². The summed E-state index contributed by atoms with van der Waals surface area (Å²) < 4.78 is 2.17. The van der Waals surface area contributed by atoms with Gasteiger partial charge in [0, 0.05) is 55.4 Å². The van der Waals surface area contributed by atoms with Gasteiger partial charge in [-0.2, -0.15) is 0 Å². The molecule has 0 fully saturated rings. The molecule has 188 valence electrons. The van der Waals surface area contributed by atoms with Crippen LogP contribution in [0.25, 0.3) is 22.0 Å². The molecule has 0 spiro atoms. The number of fused-ring (bicyclic) bond motifs is 1. The van der Waals surface area contributed by atoms with E-state index in [1.54, 1.807) is 0 Å². The zero-order chi connectivity index (χ0) is 25.5. The number of aryl methyl sites for hydroxylation is 2. The average Bonchev–Trinajstić information content (AvgIpc) is 3.22. The second-order valence-electron chi connectivity index (χ2n) is 9.65. The van der Waals surface area contributed by atoms with Gasteiger partial charge in [-0.15, -0.1) is 0 Å². The molecule has 0 unspecified atom stereocenters. The Balaban J connectivity index is 1.50. The van der Waals surface area contributed by atoms with Gasteiger partial charge in [-0.25, -0.2) is 0 Å². The molecule has 3 aromatic carbocycles. The predicted octanol–water partition coefficient (Wildman–Crippen LogP) is 4.90. The number of nitrogens with one attached hydrogen (secondary N) is 2. The van der Waals surface area contributed by atoms with Crippen molar-refractivity contribution < 1.29 is 4.79 Å². The molecule has 1 heterocycles. The molecule has 36 heavy (non-hydrogen) atoms. The summed E-state index contributed by atoms with van der Waals surface area (Å²) in [6, 6.07) is 25.0. The van der Waals surface area contributed by atoms with Gasteiger partial charge in [-0.3, -0.25) is 4.79 Å². The van der Waals surface area contributed by atoms with Crippen LogP contribution in [-0.4, -0.2) is 55.1 Å².